The molecule has 4 rings (SSSR count). The predicted octanol–water partition coefficient (Wildman–Crippen LogP) is 3.40. The van der Waals surface area contributed by atoms with Gasteiger partial charge in [-0.15, -0.1) is 0 Å². The average Bonchev–Trinajstić information content (AvgIpc) is 2.82. The van der Waals surface area contributed by atoms with Gasteiger partial charge in [0, 0.05) is 13.1 Å². The molecule has 0 saturated carbocycles. The summed E-state index contributed by atoms with van der Waals surface area (Å²) in [5.41, 5.74) is 1.18. The van der Waals surface area contributed by atoms with Crippen molar-refractivity contribution in [2.45, 2.75) is 24.3 Å². The molecule has 0 spiro atoms. The third-order valence-corrected chi connectivity index (χ3v) is 7.39. The van der Waals surface area contributed by atoms with E-state index in [1.807, 2.05) is 48.5 Å². The van der Waals surface area contributed by atoms with Crippen LogP contribution in [-0.2, 0) is 16.6 Å². The maximum absolute atomic E-state index is 12.8. The van der Waals surface area contributed by atoms with Crippen LogP contribution in [0.2, 0.25) is 0 Å². The van der Waals surface area contributed by atoms with Crippen molar-refractivity contribution in [3.05, 3.63) is 72.3 Å². The van der Waals surface area contributed by atoms with Crippen molar-refractivity contribution in [1.29, 1.82) is 0 Å². The van der Waals surface area contributed by atoms with Crippen LogP contribution < -0.4 is 9.46 Å². The molecule has 0 amide bonds. The van der Waals surface area contributed by atoms with Gasteiger partial charge in [0.1, 0.15) is 12.4 Å². The molecule has 3 aromatic rings. The van der Waals surface area contributed by atoms with Crippen LogP contribution in [0.15, 0.2) is 71.6 Å². The molecule has 1 aliphatic heterocycles. The van der Waals surface area contributed by atoms with Crippen molar-refractivity contribution in [1.82, 2.24) is 9.62 Å². The fourth-order valence-electron chi connectivity index (χ4n) is 4.15. The second kappa shape index (κ2) is 10.4. The largest absolute Gasteiger partial charge is 0.491 e. The molecule has 32 heavy (non-hydrogen) atoms. The molecule has 1 aliphatic rings. The molecule has 2 N–H and O–H groups in total. The van der Waals surface area contributed by atoms with Gasteiger partial charge in [-0.25, -0.2) is 13.1 Å². The van der Waals surface area contributed by atoms with Crippen molar-refractivity contribution >= 4 is 20.8 Å². The molecule has 1 heterocycles. The zero-order valence-electron chi connectivity index (χ0n) is 18.1. The number of hydrogen-bond acceptors (Lipinski definition) is 5. The number of nitrogens with one attached hydrogen (secondary N) is 1. The Bertz CT molecular complexity index is 1140. The van der Waals surface area contributed by atoms with Crippen molar-refractivity contribution in [3.8, 4) is 5.75 Å². The Morgan fingerprint density at radius 3 is 2.53 bits per heavy atom. The van der Waals surface area contributed by atoms with Gasteiger partial charge in [0.2, 0.25) is 10.0 Å². The summed E-state index contributed by atoms with van der Waals surface area (Å²) in [6.45, 7) is 3.47. The molecular weight excluding hydrogens is 424 g/mol. The van der Waals surface area contributed by atoms with E-state index in [9.17, 15) is 8.42 Å². The van der Waals surface area contributed by atoms with E-state index in [1.54, 1.807) is 12.1 Å². The Balaban J connectivity index is 1.27. The molecule has 0 unspecified atom stereocenters. The van der Waals surface area contributed by atoms with E-state index in [-0.39, 0.29) is 6.61 Å². The number of likely N-dealkylation sites (tertiary alicyclic amines) is 1. The lowest BCUT2D eigenvalue weighted by Gasteiger charge is -2.32. The van der Waals surface area contributed by atoms with E-state index in [1.165, 1.54) is 5.56 Å². The summed E-state index contributed by atoms with van der Waals surface area (Å²) >= 11 is 0. The van der Waals surface area contributed by atoms with E-state index in [0.717, 1.165) is 49.0 Å². The fourth-order valence-corrected chi connectivity index (χ4v) is 5.30. The number of aliphatic hydroxyl groups is 1. The van der Waals surface area contributed by atoms with Gasteiger partial charge in [0.05, 0.1) is 11.5 Å². The Kier molecular flexibility index (Phi) is 7.42. The molecule has 0 bridgehead atoms. The highest BCUT2D eigenvalue weighted by Crippen LogP contribution is 2.22. The minimum atomic E-state index is -3.52. The second-order valence-corrected chi connectivity index (χ2v) is 10.1. The number of ether oxygens (including phenoxy) is 1. The van der Waals surface area contributed by atoms with Crippen LogP contribution in [0.1, 0.15) is 18.4 Å². The molecule has 0 radical (unpaired) electrons. The first-order valence-corrected chi connectivity index (χ1v) is 12.6. The van der Waals surface area contributed by atoms with Crippen LogP contribution >= 0.6 is 0 Å². The molecule has 0 atom stereocenters. The first-order valence-electron chi connectivity index (χ1n) is 11.1. The molecule has 7 heteroatoms. The van der Waals surface area contributed by atoms with Crippen molar-refractivity contribution in [3.63, 3.8) is 0 Å². The minimum Gasteiger partial charge on any atom is -0.491 e. The summed E-state index contributed by atoms with van der Waals surface area (Å²) in [5.74, 6) is 1.11. The number of nitrogens with zero attached hydrogens (tertiary/aromatic N) is 1. The van der Waals surface area contributed by atoms with Gasteiger partial charge in [-0.2, -0.15) is 0 Å². The first kappa shape index (κ1) is 22.7. The Morgan fingerprint density at radius 1 is 0.969 bits per heavy atom. The molecule has 1 saturated heterocycles. The van der Waals surface area contributed by atoms with Gasteiger partial charge in [-0.3, -0.25) is 4.90 Å². The number of rotatable bonds is 9. The Labute approximate surface area is 189 Å². The first-order chi connectivity index (χ1) is 15.5. The lowest BCUT2D eigenvalue weighted by Crippen LogP contribution is -2.38. The quantitative estimate of drug-likeness (QED) is 0.518. The van der Waals surface area contributed by atoms with Crippen molar-refractivity contribution in [2.24, 2.45) is 5.92 Å². The van der Waals surface area contributed by atoms with Gasteiger partial charge in [-0.05, 0) is 72.5 Å². The Morgan fingerprint density at radius 2 is 1.75 bits per heavy atom. The van der Waals surface area contributed by atoms with Crippen LogP contribution in [0, 0.1) is 5.92 Å². The monoisotopic (exact) mass is 454 g/mol. The number of sulfonamides is 1. The fraction of sp³-hybridized carbons (Fsp3) is 0.360. The third kappa shape index (κ3) is 5.86. The molecular formula is C25H30N2O4S. The number of fused-ring (bicyclic) bond motifs is 1. The van der Waals surface area contributed by atoms with Crippen LogP contribution in [0.25, 0.3) is 10.8 Å². The lowest BCUT2D eigenvalue weighted by molar-refractivity contribution is 0.178. The maximum Gasteiger partial charge on any atom is 0.240 e. The maximum atomic E-state index is 12.8. The van der Waals surface area contributed by atoms with Gasteiger partial charge in [0.25, 0.3) is 0 Å². The van der Waals surface area contributed by atoms with E-state index in [2.05, 4.69) is 15.7 Å². The van der Waals surface area contributed by atoms with Crippen LogP contribution in [0.3, 0.4) is 0 Å². The molecule has 0 aromatic heterocycles. The summed E-state index contributed by atoms with van der Waals surface area (Å²) < 4.78 is 33.9. The van der Waals surface area contributed by atoms with Gasteiger partial charge < -0.3 is 9.84 Å². The third-order valence-electron chi connectivity index (χ3n) is 5.97. The summed E-state index contributed by atoms with van der Waals surface area (Å²) in [7, 11) is -3.52. The second-order valence-electron chi connectivity index (χ2n) is 8.30. The standard InChI is InChI=1S/C25H30N2O4S/c28-14-15-31-24-7-3-4-21(16-24)19-27-12-10-20(11-13-27)18-26-32(29,30)25-9-8-22-5-1-2-6-23(22)17-25/h1-9,16-17,20,26,28H,10-15,18-19H2. The molecule has 0 aliphatic carbocycles. The zero-order valence-corrected chi connectivity index (χ0v) is 18.9. The van der Waals surface area contributed by atoms with E-state index in [4.69, 9.17) is 9.84 Å². The number of piperidine rings is 1. The van der Waals surface area contributed by atoms with E-state index < -0.39 is 10.0 Å². The SMILES string of the molecule is O=S(=O)(NCC1CCN(Cc2cccc(OCCO)c2)CC1)c1ccc2ccccc2c1. The topological polar surface area (TPSA) is 78.9 Å². The average molecular weight is 455 g/mol. The number of hydrogen-bond donors (Lipinski definition) is 2. The molecule has 170 valence electrons. The minimum absolute atomic E-state index is 0.00234. The summed E-state index contributed by atoms with van der Waals surface area (Å²) in [5, 5.41) is 10.9. The van der Waals surface area contributed by atoms with Gasteiger partial charge >= 0.3 is 0 Å². The predicted molar refractivity (Wildman–Crippen MR) is 126 cm³/mol. The molecule has 6 nitrogen and oxygen atoms in total. The van der Waals surface area contributed by atoms with Crippen LogP contribution in [-0.4, -0.2) is 51.3 Å². The summed E-state index contributed by atoms with van der Waals surface area (Å²) in [6.07, 6.45) is 1.92. The molecule has 3 aromatic carbocycles. The number of benzene rings is 3. The lowest BCUT2D eigenvalue weighted by atomic mass is 9.97. The van der Waals surface area contributed by atoms with E-state index in [0.29, 0.717) is 24.0 Å². The van der Waals surface area contributed by atoms with Crippen molar-refractivity contribution < 1.29 is 18.3 Å². The Hall–Kier alpha value is -2.45. The normalized spacial score (nSPS) is 15.8. The van der Waals surface area contributed by atoms with Gasteiger partial charge in [-0.1, -0.05) is 42.5 Å². The highest BCUT2D eigenvalue weighted by atomic mass is 32.2. The number of aliphatic hydroxyl groups excluding tert-OH is 1. The molecule has 1 fully saturated rings. The van der Waals surface area contributed by atoms with E-state index >= 15 is 0 Å². The van der Waals surface area contributed by atoms with Gasteiger partial charge in [0.15, 0.2) is 0 Å². The summed E-state index contributed by atoms with van der Waals surface area (Å²) in [6, 6.07) is 21.0. The van der Waals surface area contributed by atoms with Crippen LogP contribution in [0.5, 0.6) is 5.75 Å². The van der Waals surface area contributed by atoms with Crippen molar-refractivity contribution in [2.75, 3.05) is 32.8 Å². The summed E-state index contributed by atoms with van der Waals surface area (Å²) in [4.78, 5) is 2.70. The highest BCUT2D eigenvalue weighted by molar-refractivity contribution is 7.89. The highest BCUT2D eigenvalue weighted by Gasteiger charge is 2.22. The zero-order chi connectivity index (χ0) is 22.4. The van der Waals surface area contributed by atoms with Crippen LogP contribution in [0.4, 0.5) is 0 Å². The smallest absolute Gasteiger partial charge is 0.240 e.